The maximum absolute atomic E-state index is 13.2. The average Bonchev–Trinajstić information content (AvgIpc) is 3.07. The largest absolute Gasteiger partial charge is 0.360 e. The van der Waals surface area contributed by atoms with Gasteiger partial charge in [-0.3, -0.25) is 14.7 Å². The molecule has 2 aromatic heterocycles. The molecule has 0 saturated carbocycles. The zero-order chi connectivity index (χ0) is 19.0. The first-order valence-electron chi connectivity index (χ1n) is 9.32. The summed E-state index contributed by atoms with van der Waals surface area (Å²) in [5.74, 6) is 0.955. The number of para-hydroxylation sites is 1. The normalized spacial score (nSPS) is 15.4. The minimum Gasteiger partial charge on any atom is -0.360 e. The molecule has 0 N–H and O–H groups in total. The lowest BCUT2D eigenvalue weighted by molar-refractivity contribution is 0.0616. The second-order valence-electron chi connectivity index (χ2n) is 7.22. The van der Waals surface area contributed by atoms with Crippen LogP contribution in [0.15, 0.2) is 34.9 Å². The van der Waals surface area contributed by atoms with Crippen LogP contribution in [0.3, 0.4) is 0 Å². The summed E-state index contributed by atoms with van der Waals surface area (Å²) in [6.07, 6.45) is 0. The summed E-state index contributed by atoms with van der Waals surface area (Å²) in [6, 6.07) is 9.96. The van der Waals surface area contributed by atoms with E-state index in [2.05, 4.69) is 15.0 Å². The number of benzene rings is 1. The first kappa shape index (κ1) is 17.7. The Hall–Kier alpha value is -2.73. The Kier molecular flexibility index (Phi) is 4.66. The summed E-state index contributed by atoms with van der Waals surface area (Å²) in [7, 11) is 0. The summed E-state index contributed by atoms with van der Waals surface area (Å²) in [6.45, 7) is 9.66. The van der Waals surface area contributed by atoms with Crippen molar-refractivity contribution < 1.29 is 9.32 Å². The lowest BCUT2D eigenvalue weighted by Gasteiger charge is -2.34. The van der Waals surface area contributed by atoms with Gasteiger partial charge in [-0.1, -0.05) is 23.4 Å². The number of hydrogen-bond donors (Lipinski definition) is 0. The quantitative estimate of drug-likeness (QED) is 0.715. The number of hydrogen-bond acceptors (Lipinski definition) is 5. The van der Waals surface area contributed by atoms with Gasteiger partial charge in [0.05, 0.1) is 29.0 Å². The van der Waals surface area contributed by atoms with E-state index < -0.39 is 0 Å². The van der Waals surface area contributed by atoms with Gasteiger partial charge in [0.15, 0.2) is 5.76 Å². The van der Waals surface area contributed by atoms with Gasteiger partial charge in [-0.15, -0.1) is 0 Å². The third-order valence-corrected chi connectivity index (χ3v) is 5.26. The summed E-state index contributed by atoms with van der Waals surface area (Å²) in [5.41, 5.74) is 4.40. The lowest BCUT2D eigenvalue weighted by Crippen LogP contribution is -2.48. The molecule has 3 heterocycles. The molecule has 0 aliphatic carbocycles. The van der Waals surface area contributed by atoms with Crippen LogP contribution in [-0.2, 0) is 6.54 Å². The van der Waals surface area contributed by atoms with Crippen LogP contribution in [0.5, 0.6) is 0 Å². The lowest BCUT2D eigenvalue weighted by atomic mass is 10.0. The number of carbonyl (C=O) groups is 1. The molecule has 0 bridgehead atoms. The van der Waals surface area contributed by atoms with Crippen LogP contribution in [0.25, 0.3) is 10.9 Å². The summed E-state index contributed by atoms with van der Waals surface area (Å²) in [5, 5.41) is 4.98. The Morgan fingerprint density at radius 2 is 1.85 bits per heavy atom. The van der Waals surface area contributed by atoms with Crippen LogP contribution in [0, 0.1) is 20.8 Å². The highest BCUT2D eigenvalue weighted by Gasteiger charge is 2.26. The van der Waals surface area contributed by atoms with E-state index >= 15 is 0 Å². The van der Waals surface area contributed by atoms with Crippen molar-refractivity contribution in [3.8, 4) is 0 Å². The maximum atomic E-state index is 13.2. The molecule has 4 rings (SSSR count). The van der Waals surface area contributed by atoms with E-state index in [4.69, 9.17) is 4.52 Å². The molecule has 1 aromatic carbocycles. The molecule has 1 amide bonds. The molecule has 27 heavy (non-hydrogen) atoms. The van der Waals surface area contributed by atoms with Gasteiger partial charge in [-0.2, -0.15) is 0 Å². The fraction of sp³-hybridized carbons (Fsp3) is 0.381. The van der Waals surface area contributed by atoms with Crippen molar-refractivity contribution in [1.29, 1.82) is 0 Å². The third kappa shape index (κ3) is 3.45. The van der Waals surface area contributed by atoms with Crippen molar-refractivity contribution in [3.05, 3.63) is 58.6 Å². The molecule has 0 radical (unpaired) electrons. The molecule has 0 unspecified atom stereocenters. The number of rotatable bonds is 3. The maximum Gasteiger partial charge on any atom is 0.256 e. The second kappa shape index (κ2) is 7.12. The SMILES string of the molecule is Cc1cc(CN2CCN(C(=O)c3c(C)nc4ccccc4c3C)CC2)on1. The number of carbonyl (C=O) groups excluding carboxylic acids is 1. The smallest absolute Gasteiger partial charge is 0.256 e. The Labute approximate surface area is 158 Å². The molecular weight excluding hydrogens is 340 g/mol. The first-order valence-corrected chi connectivity index (χ1v) is 9.32. The summed E-state index contributed by atoms with van der Waals surface area (Å²) in [4.78, 5) is 22.1. The predicted octanol–water partition coefficient (Wildman–Crippen LogP) is 3.11. The van der Waals surface area contributed by atoms with Crippen LogP contribution in [0.4, 0.5) is 0 Å². The van der Waals surface area contributed by atoms with Gasteiger partial charge in [-0.25, -0.2) is 0 Å². The molecule has 3 aromatic rings. The van der Waals surface area contributed by atoms with Gasteiger partial charge in [0.25, 0.3) is 5.91 Å². The van der Waals surface area contributed by atoms with E-state index in [1.54, 1.807) is 0 Å². The van der Waals surface area contributed by atoms with Gasteiger partial charge in [0.1, 0.15) is 0 Å². The van der Waals surface area contributed by atoms with E-state index in [1.165, 1.54) is 0 Å². The standard InChI is InChI=1S/C21H24N4O2/c1-14-12-17(27-23-14)13-24-8-10-25(11-9-24)21(26)20-15(2)18-6-4-5-7-19(18)22-16(20)3/h4-7,12H,8-11,13H2,1-3H3. The molecule has 1 fully saturated rings. The highest BCUT2D eigenvalue weighted by Crippen LogP contribution is 2.24. The monoisotopic (exact) mass is 364 g/mol. The molecule has 140 valence electrons. The molecule has 1 saturated heterocycles. The summed E-state index contributed by atoms with van der Waals surface area (Å²) < 4.78 is 5.30. The zero-order valence-electron chi connectivity index (χ0n) is 16.0. The number of aromatic nitrogens is 2. The number of fused-ring (bicyclic) bond motifs is 1. The Morgan fingerprint density at radius 1 is 1.11 bits per heavy atom. The number of aryl methyl sites for hydroxylation is 3. The minimum atomic E-state index is 0.0819. The van der Waals surface area contributed by atoms with Crippen molar-refractivity contribution in [1.82, 2.24) is 19.9 Å². The molecular formula is C21H24N4O2. The van der Waals surface area contributed by atoms with Crippen LogP contribution >= 0.6 is 0 Å². The van der Waals surface area contributed by atoms with Crippen molar-refractivity contribution in [2.75, 3.05) is 26.2 Å². The van der Waals surface area contributed by atoms with Crippen LogP contribution in [0.1, 0.15) is 33.1 Å². The number of nitrogens with zero attached hydrogens (tertiary/aromatic N) is 4. The van der Waals surface area contributed by atoms with Gasteiger partial charge in [-0.05, 0) is 32.4 Å². The number of amides is 1. The Bertz CT molecular complexity index is 987. The van der Waals surface area contributed by atoms with E-state index in [0.717, 1.165) is 58.8 Å². The topological polar surface area (TPSA) is 62.5 Å². The van der Waals surface area contributed by atoms with Gasteiger partial charge in [0.2, 0.25) is 0 Å². The van der Waals surface area contributed by atoms with Crippen molar-refractivity contribution in [3.63, 3.8) is 0 Å². The van der Waals surface area contributed by atoms with Crippen LogP contribution < -0.4 is 0 Å². The average molecular weight is 364 g/mol. The van der Waals surface area contributed by atoms with Gasteiger partial charge in [0, 0.05) is 37.6 Å². The fourth-order valence-electron chi connectivity index (χ4n) is 3.82. The van der Waals surface area contributed by atoms with Crippen molar-refractivity contribution in [2.24, 2.45) is 0 Å². The van der Waals surface area contributed by atoms with Crippen LogP contribution in [0.2, 0.25) is 0 Å². The van der Waals surface area contributed by atoms with E-state index in [-0.39, 0.29) is 5.91 Å². The third-order valence-electron chi connectivity index (χ3n) is 5.26. The van der Waals surface area contributed by atoms with E-state index in [0.29, 0.717) is 13.1 Å². The van der Waals surface area contributed by atoms with Crippen LogP contribution in [-0.4, -0.2) is 52.0 Å². The molecule has 6 heteroatoms. The zero-order valence-corrected chi connectivity index (χ0v) is 16.0. The van der Waals surface area contributed by atoms with Gasteiger partial charge < -0.3 is 9.42 Å². The Balaban J connectivity index is 1.49. The molecule has 0 spiro atoms. The number of pyridine rings is 1. The molecule has 0 atom stereocenters. The highest BCUT2D eigenvalue weighted by atomic mass is 16.5. The molecule has 1 aliphatic heterocycles. The fourth-order valence-corrected chi connectivity index (χ4v) is 3.82. The van der Waals surface area contributed by atoms with Crippen molar-refractivity contribution >= 4 is 16.8 Å². The minimum absolute atomic E-state index is 0.0819. The van der Waals surface area contributed by atoms with Crippen molar-refractivity contribution in [2.45, 2.75) is 27.3 Å². The predicted molar refractivity (Wildman–Crippen MR) is 104 cm³/mol. The van der Waals surface area contributed by atoms with Gasteiger partial charge >= 0.3 is 0 Å². The Morgan fingerprint density at radius 3 is 2.56 bits per heavy atom. The molecule has 1 aliphatic rings. The first-order chi connectivity index (χ1) is 13.0. The second-order valence-corrected chi connectivity index (χ2v) is 7.22. The van der Waals surface area contributed by atoms with E-state index in [9.17, 15) is 4.79 Å². The highest BCUT2D eigenvalue weighted by molar-refractivity contribution is 6.01. The van der Waals surface area contributed by atoms with E-state index in [1.807, 2.05) is 56.0 Å². The number of piperazine rings is 1. The summed E-state index contributed by atoms with van der Waals surface area (Å²) >= 11 is 0. The molecule has 6 nitrogen and oxygen atoms in total.